The number of likely N-dealkylation sites (tertiary alicyclic amines) is 1. The van der Waals surface area contributed by atoms with Crippen LogP contribution in [-0.4, -0.2) is 40.9 Å². The van der Waals surface area contributed by atoms with Gasteiger partial charge < -0.3 is 14.4 Å². The number of nitriles is 1. The number of nitrogens with zero attached hydrogens (tertiary/aromatic N) is 3. The minimum Gasteiger partial charge on any atom is -0.490 e. The Hall–Kier alpha value is -3.34. The molecule has 2 heterocycles. The summed E-state index contributed by atoms with van der Waals surface area (Å²) in [6.45, 7) is 4.67. The molecule has 0 radical (unpaired) electrons. The molecule has 29 heavy (non-hydrogen) atoms. The molecule has 1 saturated heterocycles. The van der Waals surface area contributed by atoms with Crippen LogP contribution in [0.5, 0.6) is 5.75 Å². The third-order valence-electron chi connectivity index (χ3n) is 4.58. The van der Waals surface area contributed by atoms with Crippen LogP contribution in [-0.2, 0) is 4.74 Å². The van der Waals surface area contributed by atoms with Gasteiger partial charge in [0.25, 0.3) is 5.56 Å². The molecule has 1 aromatic heterocycles. The SMILES string of the molecule is CC(C)OC(=O)N1CCC(Oc2ccn(-c3ccc(C#N)c(F)c3)c(=O)c2)CC1. The monoisotopic (exact) mass is 399 g/mol. The van der Waals surface area contributed by atoms with Gasteiger partial charge in [0.15, 0.2) is 0 Å². The molecule has 152 valence electrons. The Morgan fingerprint density at radius 3 is 2.55 bits per heavy atom. The van der Waals surface area contributed by atoms with Crippen LogP contribution in [0.2, 0.25) is 0 Å². The van der Waals surface area contributed by atoms with Gasteiger partial charge in [-0.15, -0.1) is 0 Å². The number of carbonyl (C=O) groups is 1. The number of rotatable bonds is 4. The number of carbonyl (C=O) groups excluding carboxylic acids is 1. The van der Waals surface area contributed by atoms with Crippen molar-refractivity contribution in [2.75, 3.05) is 13.1 Å². The van der Waals surface area contributed by atoms with Gasteiger partial charge in [0, 0.05) is 38.2 Å². The second kappa shape index (κ2) is 8.78. The lowest BCUT2D eigenvalue weighted by molar-refractivity contribution is 0.0516. The second-order valence-corrected chi connectivity index (χ2v) is 7.08. The Bertz CT molecular complexity index is 988. The lowest BCUT2D eigenvalue weighted by Crippen LogP contribution is -2.42. The lowest BCUT2D eigenvalue weighted by Gasteiger charge is -2.32. The summed E-state index contributed by atoms with van der Waals surface area (Å²) in [7, 11) is 0. The standard InChI is InChI=1S/C21H22FN3O4/c1-14(2)28-21(27)24-8-5-17(6-9-24)29-18-7-10-25(20(26)12-18)16-4-3-15(13-23)19(22)11-16/h3-4,7,10-12,14,17H,5-6,8-9H2,1-2H3. The quantitative estimate of drug-likeness (QED) is 0.788. The van der Waals surface area contributed by atoms with Crippen LogP contribution in [0.4, 0.5) is 9.18 Å². The van der Waals surface area contributed by atoms with E-state index in [0.717, 1.165) is 6.07 Å². The van der Waals surface area contributed by atoms with Gasteiger partial charge in [-0.3, -0.25) is 9.36 Å². The number of halogens is 1. The van der Waals surface area contributed by atoms with E-state index in [0.29, 0.717) is 37.4 Å². The maximum absolute atomic E-state index is 13.8. The molecule has 3 rings (SSSR count). The normalized spacial score (nSPS) is 14.5. The second-order valence-electron chi connectivity index (χ2n) is 7.08. The molecule has 1 aliphatic rings. The molecule has 1 aromatic carbocycles. The first-order valence-corrected chi connectivity index (χ1v) is 9.42. The number of aromatic nitrogens is 1. The maximum atomic E-state index is 13.8. The smallest absolute Gasteiger partial charge is 0.410 e. The average Bonchev–Trinajstić information content (AvgIpc) is 2.68. The predicted octanol–water partition coefficient (Wildman–Crippen LogP) is 3.24. The molecule has 0 atom stereocenters. The van der Waals surface area contributed by atoms with Gasteiger partial charge in [0.2, 0.25) is 0 Å². The van der Waals surface area contributed by atoms with Crippen molar-refractivity contribution in [2.24, 2.45) is 0 Å². The summed E-state index contributed by atoms with van der Waals surface area (Å²) in [5.74, 6) is -0.261. The van der Waals surface area contributed by atoms with E-state index in [1.54, 1.807) is 17.0 Å². The third-order valence-corrected chi connectivity index (χ3v) is 4.58. The molecular formula is C21H22FN3O4. The summed E-state index contributed by atoms with van der Waals surface area (Å²) in [5.41, 5.74) is -0.120. The largest absolute Gasteiger partial charge is 0.490 e. The first kappa shape index (κ1) is 20.4. The third kappa shape index (κ3) is 4.93. The van der Waals surface area contributed by atoms with Gasteiger partial charge in [-0.1, -0.05) is 0 Å². The van der Waals surface area contributed by atoms with Crippen LogP contribution < -0.4 is 10.3 Å². The number of hydrogen-bond donors (Lipinski definition) is 0. The van der Waals surface area contributed by atoms with Gasteiger partial charge >= 0.3 is 6.09 Å². The summed E-state index contributed by atoms with van der Waals surface area (Å²) in [6, 6.07) is 8.71. The van der Waals surface area contributed by atoms with Crippen molar-refractivity contribution in [2.45, 2.75) is 38.9 Å². The number of piperidine rings is 1. The molecule has 1 aliphatic heterocycles. The van der Waals surface area contributed by atoms with Gasteiger partial charge in [-0.05, 0) is 38.1 Å². The topological polar surface area (TPSA) is 84.6 Å². The Morgan fingerprint density at radius 2 is 1.97 bits per heavy atom. The Balaban J connectivity index is 1.63. The van der Waals surface area contributed by atoms with Crippen molar-refractivity contribution in [3.8, 4) is 17.5 Å². The Kier molecular flexibility index (Phi) is 6.17. The highest BCUT2D eigenvalue weighted by molar-refractivity contribution is 5.67. The van der Waals surface area contributed by atoms with E-state index in [-0.39, 0.29) is 29.4 Å². The molecule has 0 spiro atoms. The molecule has 1 fully saturated rings. The van der Waals surface area contributed by atoms with E-state index < -0.39 is 5.82 Å². The number of amides is 1. The lowest BCUT2D eigenvalue weighted by atomic mass is 10.1. The van der Waals surface area contributed by atoms with Gasteiger partial charge in [-0.25, -0.2) is 9.18 Å². The highest BCUT2D eigenvalue weighted by Crippen LogP contribution is 2.19. The first-order chi connectivity index (χ1) is 13.9. The Morgan fingerprint density at radius 1 is 1.24 bits per heavy atom. The van der Waals surface area contributed by atoms with Crippen molar-refractivity contribution in [3.63, 3.8) is 0 Å². The number of ether oxygens (including phenoxy) is 2. The molecule has 1 amide bonds. The van der Waals surface area contributed by atoms with Gasteiger partial charge in [0.05, 0.1) is 17.4 Å². The molecule has 0 aliphatic carbocycles. The van der Waals surface area contributed by atoms with Crippen LogP contribution in [0, 0.1) is 17.1 Å². The fraction of sp³-hybridized carbons (Fsp3) is 0.381. The van der Waals surface area contributed by atoms with E-state index in [2.05, 4.69) is 0 Å². The molecule has 0 saturated carbocycles. The van der Waals surface area contributed by atoms with E-state index >= 15 is 0 Å². The summed E-state index contributed by atoms with van der Waals surface area (Å²) in [5, 5.41) is 8.81. The van der Waals surface area contributed by atoms with Crippen molar-refractivity contribution >= 4 is 6.09 Å². The molecule has 2 aromatic rings. The molecule has 0 bridgehead atoms. The maximum Gasteiger partial charge on any atom is 0.410 e. The minimum absolute atomic E-state index is 0.0784. The minimum atomic E-state index is -0.681. The number of hydrogen-bond acceptors (Lipinski definition) is 5. The van der Waals surface area contributed by atoms with Crippen molar-refractivity contribution in [3.05, 3.63) is 58.3 Å². The zero-order valence-electron chi connectivity index (χ0n) is 16.3. The molecule has 0 N–H and O–H groups in total. The number of pyridine rings is 1. The van der Waals surface area contributed by atoms with Crippen LogP contribution in [0.25, 0.3) is 5.69 Å². The van der Waals surface area contributed by atoms with E-state index in [9.17, 15) is 14.0 Å². The van der Waals surface area contributed by atoms with Crippen molar-refractivity contribution in [1.82, 2.24) is 9.47 Å². The van der Waals surface area contributed by atoms with Crippen LogP contribution >= 0.6 is 0 Å². The molecule has 7 nitrogen and oxygen atoms in total. The van der Waals surface area contributed by atoms with Crippen LogP contribution in [0.1, 0.15) is 32.3 Å². The first-order valence-electron chi connectivity index (χ1n) is 9.42. The molecule has 8 heteroatoms. The summed E-state index contributed by atoms with van der Waals surface area (Å²) >= 11 is 0. The zero-order valence-corrected chi connectivity index (χ0v) is 16.3. The fourth-order valence-corrected chi connectivity index (χ4v) is 3.12. The number of benzene rings is 1. The Labute approximate surface area is 167 Å². The molecule has 0 unspecified atom stereocenters. The zero-order chi connectivity index (χ0) is 21.0. The summed E-state index contributed by atoms with van der Waals surface area (Å²) in [4.78, 5) is 26.0. The van der Waals surface area contributed by atoms with Crippen molar-refractivity contribution in [1.29, 1.82) is 5.26 Å². The highest BCUT2D eigenvalue weighted by Gasteiger charge is 2.25. The van der Waals surface area contributed by atoms with E-state index in [4.69, 9.17) is 14.7 Å². The van der Waals surface area contributed by atoms with Crippen LogP contribution in [0.15, 0.2) is 41.3 Å². The highest BCUT2D eigenvalue weighted by atomic mass is 19.1. The summed E-state index contributed by atoms with van der Waals surface area (Å²) < 4.78 is 26.2. The predicted molar refractivity (Wildman–Crippen MR) is 104 cm³/mol. The fourth-order valence-electron chi connectivity index (χ4n) is 3.12. The molecular weight excluding hydrogens is 377 g/mol. The summed E-state index contributed by atoms with van der Waals surface area (Å²) in [6.07, 6.45) is 2.19. The van der Waals surface area contributed by atoms with Gasteiger partial charge in [0.1, 0.15) is 23.7 Å². The van der Waals surface area contributed by atoms with Crippen molar-refractivity contribution < 1.29 is 18.7 Å². The van der Waals surface area contributed by atoms with Crippen LogP contribution in [0.3, 0.4) is 0 Å². The van der Waals surface area contributed by atoms with E-state index in [1.807, 2.05) is 13.8 Å². The average molecular weight is 399 g/mol. The van der Waals surface area contributed by atoms with E-state index in [1.165, 1.54) is 29.0 Å². The van der Waals surface area contributed by atoms with Gasteiger partial charge in [-0.2, -0.15) is 5.26 Å².